The number of methoxy groups -OCH3 is 2. The van der Waals surface area contributed by atoms with Crippen LogP contribution in [0.3, 0.4) is 0 Å². The lowest BCUT2D eigenvalue weighted by atomic mass is 10.1. The summed E-state index contributed by atoms with van der Waals surface area (Å²) < 4.78 is 37.4. The monoisotopic (exact) mass is 415 g/mol. The Labute approximate surface area is 171 Å². The first-order valence-electron chi connectivity index (χ1n) is 9.50. The van der Waals surface area contributed by atoms with Gasteiger partial charge in [-0.3, -0.25) is 4.79 Å². The lowest BCUT2D eigenvalue weighted by molar-refractivity contribution is 0.104. The van der Waals surface area contributed by atoms with Crippen molar-refractivity contribution in [2.24, 2.45) is 0 Å². The molecule has 0 bridgehead atoms. The van der Waals surface area contributed by atoms with Gasteiger partial charge in [0.2, 0.25) is 10.0 Å². The maximum atomic E-state index is 12.7. The second-order valence-electron chi connectivity index (χ2n) is 6.83. The van der Waals surface area contributed by atoms with Crippen LogP contribution in [0.25, 0.3) is 6.08 Å². The van der Waals surface area contributed by atoms with Crippen LogP contribution in [0.2, 0.25) is 0 Å². The predicted molar refractivity (Wildman–Crippen MR) is 112 cm³/mol. The van der Waals surface area contributed by atoms with Crippen molar-refractivity contribution in [3.05, 3.63) is 59.7 Å². The summed E-state index contributed by atoms with van der Waals surface area (Å²) in [6.45, 7) is 1.10. The summed E-state index contributed by atoms with van der Waals surface area (Å²) in [5.74, 6) is 1.04. The number of rotatable bonds is 7. The summed E-state index contributed by atoms with van der Waals surface area (Å²) in [5, 5.41) is 0. The van der Waals surface area contributed by atoms with E-state index in [1.807, 2.05) is 0 Å². The third-order valence-corrected chi connectivity index (χ3v) is 6.81. The second-order valence-corrected chi connectivity index (χ2v) is 8.77. The Hall–Kier alpha value is -2.64. The fraction of sp³-hybridized carbons (Fsp3) is 0.318. The van der Waals surface area contributed by atoms with Gasteiger partial charge in [0.25, 0.3) is 0 Å². The zero-order chi connectivity index (χ0) is 20.9. The lowest BCUT2D eigenvalue weighted by Gasteiger charge is -2.25. The number of nitrogens with zero attached hydrogens (tertiary/aromatic N) is 1. The zero-order valence-corrected chi connectivity index (χ0v) is 17.4. The summed E-state index contributed by atoms with van der Waals surface area (Å²) in [4.78, 5) is 12.7. The normalized spacial score (nSPS) is 15.4. The van der Waals surface area contributed by atoms with E-state index in [9.17, 15) is 13.2 Å². The summed E-state index contributed by atoms with van der Waals surface area (Å²) in [5.41, 5.74) is 1.19. The van der Waals surface area contributed by atoms with Crippen molar-refractivity contribution in [2.45, 2.75) is 24.2 Å². The van der Waals surface area contributed by atoms with E-state index in [1.54, 1.807) is 50.6 Å². The van der Waals surface area contributed by atoms with E-state index >= 15 is 0 Å². The van der Waals surface area contributed by atoms with E-state index in [1.165, 1.54) is 22.5 Å². The summed E-state index contributed by atoms with van der Waals surface area (Å²) in [7, 11) is -0.374. The van der Waals surface area contributed by atoms with Crippen LogP contribution in [0.1, 0.15) is 35.2 Å². The maximum Gasteiger partial charge on any atom is 0.243 e. The molecule has 1 heterocycles. The minimum absolute atomic E-state index is 0.214. The highest BCUT2D eigenvalue weighted by Gasteiger charge is 2.25. The van der Waals surface area contributed by atoms with Crippen molar-refractivity contribution in [3.8, 4) is 11.5 Å². The van der Waals surface area contributed by atoms with Crippen molar-refractivity contribution < 1.29 is 22.7 Å². The quantitative estimate of drug-likeness (QED) is 0.508. The van der Waals surface area contributed by atoms with Gasteiger partial charge in [-0.1, -0.05) is 12.5 Å². The zero-order valence-electron chi connectivity index (χ0n) is 16.6. The first-order valence-corrected chi connectivity index (χ1v) is 10.9. The number of allylic oxidation sites excluding steroid dienone is 1. The van der Waals surface area contributed by atoms with E-state index in [0.29, 0.717) is 30.2 Å². The molecule has 6 nitrogen and oxygen atoms in total. The Balaban J connectivity index is 1.74. The molecule has 0 atom stereocenters. The SMILES string of the molecule is COc1cc(/C=C/C(=O)c2ccc(S(=O)(=O)N3CCCCC3)cc2)cc(OC)c1. The van der Waals surface area contributed by atoms with Gasteiger partial charge in [-0.05, 0) is 60.9 Å². The topological polar surface area (TPSA) is 72.9 Å². The molecule has 154 valence electrons. The molecule has 3 rings (SSSR count). The molecule has 29 heavy (non-hydrogen) atoms. The minimum atomic E-state index is -3.50. The number of carbonyl (C=O) groups excluding carboxylic acids is 1. The number of ketones is 1. The fourth-order valence-electron chi connectivity index (χ4n) is 3.24. The molecule has 2 aromatic carbocycles. The number of ether oxygens (including phenoxy) is 2. The Bertz CT molecular complexity index is 968. The molecule has 1 aliphatic rings. The van der Waals surface area contributed by atoms with Gasteiger partial charge in [0.05, 0.1) is 19.1 Å². The van der Waals surface area contributed by atoms with Crippen LogP contribution in [0.4, 0.5) is 0 Å². The van der Waals surface area contributed by atoms with Gasteiger partial charge in [-0.2, -0.15) is 4.31 Å². The maximum absolute atomic E-state index is 12.7. The van der Waals surface area contributed by atoms with Gasteiger partial charge < -0.3 is 9.47 Å². The van der Waals surface area contributed by atoms with Gasteiger partial charge in [-0.25, -0.2) is 8.42 Å². The number of piperidine rings is 1. The smallest absolute Gasteiger partial charge is 0.243 e. The molecular weight excluding hydrogens is 390 g/mol. The Morgan fingerprint density at radius 1 is 0.931 bits per heavy atom. The second kappa shape index (κ2) is 9.24. The number of benzene rings is 2. The number of hydrogen-bond acceptors (Lipinski definition) is 5. The van der Waals surface area contributed by atoms with Crippen LogP contribution in [-0.2, 0) is 10.0 Å². The third-order valence-electron chi connectivity index (χ3n) is 4.89. The van der Waals surface area contributed by atoms with Gasteiger partial charge >= 0.3 is 0 Å². The molecule has 0 spiro atoms. The Kier molecular flexibility index (Phi) is 6.71. The highest BCUT2D eigenvalue weighted by molar-refractivity contribution is 7.89. The summed E-state index contributed by atoms with van der Waals surface area (Å²) >= 11 is 0. The Morgan fingerprint density at radius 2 is 1.52 bits per heavy atom. The van der Waals surface area contributed by atoms with Gasteiger partial charge in [0.1, 0.15) is 11.5 Å². The van der Waals surface area contributed by atoms with Crippen LogP contribution in [-0.4, -0.2) is 45.8 Å². The number of hydrogen-bond donors (Lipinski definition) is 0. The molecule has 1 aliphatic heterocycles. The van der Waals surface area contributed by atoms with E-state index in [-0.39, 0.29) is 10.7 Å². The number of sulfonamides is 1. The van der Waals surface area contributed by atoms with E-state index < -0.39 is 10.0 Å². The summed E-state index contributed by atoms with van der Waals surface area (Å²) in [6, 6.07) is 11.4. The van der Waals surface area contributed by atoms with E-state index in [0.717, 1.165) is 24.8 Å². The molecule has 0 radical (unpaired) electrons. The van der Waals surface area contributed by atoms with E-state index in [4.69, 9.17) is 9.47 Å². The van der Waals surface area contributed by atoms with Crippen molar-refractivity contribution in [1.82, 2.24) is 4.31 Å². The molecule has 1 saturated heterocycles. The van der Waals surface area contributed by atoms with Crippen LogP contribution < -0.4 is 9.47 Å². The molecule has 0 saturated carbocycles. The highest BCUT2D eigenvalue weighted by atomic mass is 32.2. The molecule has 1 fully saturated rings. The molecule has 0 aromatic heterocycles. The highest BCUT2D eigenvalue weighted by Crippen LogP contribution is 2.24. The van der Waals surface area contributed by atoms with Crippen LogP contribution in [0.5, 0.6) is 11.5 Å². The summed E-state index contributed by atoms with van der Waals surface area (Å²) in [6.07, 6.45) is 5.95. The molecule has 0 unspecified atom stereocenters. The van der Waals surface area contributed by atoms with Crippen molar-refractivity contribution in [2.75, 3.05) is 27.3 Å². The third kappa shape index (κ3) is 5.05. The van der Waals surface area contributed by atoms with Crippen LogP contribution in [0.15, 0.2) is 53.4 Å². The average Bonchev–Trinajstić information content (AvgIpc) is 2.77. The van der Waals surface area contributed by atoms with Crippen molar-refractivity contribution in [1.29, 1.82) is 0 Å². The van der Waals surface area contributed by atoms with Gasteiger partial charge in [0.15, 0.2) is 5.78 Å². The average molecular weight is 416 g/mol. The molecule has 2 aromatic rings. The molecule has 7 heteroatoms. The lowest BCUT2D eigenvalue weighted by Crippen LogP contribution is -2.35. The number of carbonyl (C=O) groups is 1. The first-order chi connectivity index (χ1) is 13.9. The van der Waals surface area contributed by atoms with Crippen LogP contribution >= 0.6 is 0 Å². The predicted octanol–water partition coefficient (Wildman–Crippen LogP) is 3.77. The minimum Gasteiger partial charge on any atom is -0.497 e. The standard InChI is InChI=1S/C22H25NO5S/c1-27-19-14-17(15-20(16-19)28-2)6-11-22(24)18-7-9-21(10-8-18)29(25,26)23-12-4-3-5-13-23/h6-11,14-16H,3-5,12-13H2,1-2H3/b11-6+. The molecule has 0 amide bonds. The molecule has 0 aliphatic carbocycles. The first kappa shape index (κ1) is 21.1. The fourth-order valence-corrected chi connectivity index (χ4v) is 4.76. The van der Waals surface area contributed by atoms with Crippen molar-refractivity contribution >= 4 is 21.9 Å². The molecular formula is C22H25NO5S. The van der Waals surface area contributed by atoms with E-state index in [2.05, 4.69) is 0 Å². The largest absolute Gasteiger partial charge is 0.497 e. The van der Waals surface area contributed by atoms with Crippen LogP contribution in [0, 0.1) is 0 Å². The van der Waals surface area contributed by atoms with Gasteiger partial charge in [0, 0.05) is 24.7 Å². The molecule has 0 N–H and O–H groups in total. The Morgan fingerprint density at radius 3 is 2.07 bits per heavy atom. The van der Waals surface area contributed by atoms with Crippen molar-refractivity contribution in [3.63, 3.8) is 0 Å². The van der Waals surface area contributed by atoms with Gasteiger partial charge in [-0.15, -0.1) is 0 Å².